The van der Waals surface area contributed by atoms with Gasteiger partial charge in [0.1, 0.15) is 0 Å². The van der Waals surface area contributed by atoms with Gasteiger partial charge in [-0.3, -0.25) is 4.55 Å². The van der Waals surface area contributed by atoms with Crippen LogP contribution in [0.2, 0.25) is 0 Å². The molecule has 0 amide bonds. The van der Waals surface area contributed by atoms with Crippen LogP contribution in [-0.4, -0.2) is 40.3 Å². The summed E-state index contributed by atoms with van der Waals surface area (Å²) in [5, 5.41) is 7.80. The largest absolute Gasteiger partial charge is 0.397 e. The van der Waals surface area contributed by atoms with E-state index in [-0.39, 0.29) is 4.90 Å². The maximum Gasteiger partial charge on any atom is 0.397 e. The number of nitrogens with zero attached hydrogens (tertiary/aromatic N) is 2. The van der Waals surface area contributed by atoms with Crippen LogP contribution in [0.3, 0.4) is 0 Å². The molecule has 8 nitrogen and oxygen atoms in total. The van der Waals surface area contributed by atoms with Crippen molar-refractivity contribution in [3.05, 3.63) is 24.3 Å². The van der Waals surface area contributed by atoms with Gasteiger partial charge in [-0.25, -0.2) is 12.6 Å². The Kier molecular flexibility index (Phi) is 6.40. The van der Waals surface area contributed by atoms with Gasteiger partial charge in [0.05, 0.1) is 29.5 Å². The van der Waals surface area contributed by atoms with E-state index in [4.69, 9.17) is 4.55 Å². The highest BCUT2D eigenvalue weighted by molar-refractivity contribution is 7.91. The quantitative estimate of drug-likeness (QED) is 0.570. The molecular formula is C11H16N2O6S2. The van der Waals surface area contributed by atoms with Gasteiger partial charge in [-0.15, -0.1) is 0 Å². The maximum atomic E-state index is 11.9. The number of benzene rings is 1. The van der Waals surface area contributed by atoms with Gasteiger partial charge >= 0.3 is 10.4 Å². The summed E-state index contributed by atoms with van der Waals surface area (Å²) >= 11 is 0. The van der Waals surface area contributed by atoms with Crippen molar-refractivity contribution in [2.45, 2.75) is 18.2 Å². The lowest BCUT2D eigenvalue weighted by Gasteiger charge is -2.04. The van der Waals surface area contributed by atoms with Crippen molar-refractivity contribution in [3.8, 4) is 0 Å². The lowest BCUT2D eigenvalue weighted by molar-refractivity contribution is 0.284. The Morgan fingerprint density at radius 1 is 1.14 bits per heavy atom. The number of hydrogen-bond acceptors (Lipinski definition) is 7. The van der Waals surface area contributed by atoms with Gasteiger partial charge in [-0.2, -0.15) is 18.6 Å². The second kappa shape index (κ2) is 7.59. The van der Waals surface area contributed by atoms with Gasteiger partial charge in [0.25, 0.3) is 0 Å². The Bertz CT molecular complexity index is 680. The first-order chi connectivity index (χ1) is 9.74. The lowest BCUT2D eigenvalue weighted by Crippen LogP contribution is -2.15. The molecular weight excluding hydrogens is 320 g/mol. The molecule has 0 fully saturated rings. The van der Waals surface area contributed by atoms with Crippen molar-refractivity contribution < 1.29 is 25.6 Å². The molecule has 0 spiro atoms. The number of hydrogen-bond donors (Lipinski definition) is 1. The van der Waals surface area contributed by atoms with Gasteiger partial charge < -0.3 is 0 Å². The molecule has 1 N–H and O–H groups in total. The molecule has 1 rings (SSSR count). The van der Waals surface area contributed by atoms with Gasteiger partial charge in [-0.1, -0.05) is 6.92 Å². The molecule has 10 heteroatoms. The minimum absolute atomic E-state index is 0.0101. The Labute approximate surface area is 123 Å². The van der Waals surface area contributed by atoms with Crippen molar-refractivity contribution in [1.29, 1.82) is 0 Å². The fourth-order valence-corrected chi connectivity index (χ4v) is 2.81. The van der Waals surface area contributed by atoms with Crippen LogP contribution in [0, 0.1) is 0 Å². The van der Waals surface area contributed by atoms with Crippen molar-refractivity contribution in [3.63, 3.8) is 0 Å². The Morgan fingerprint density at radius 2 is 1.76 bits per heavy atom. The Morgan fingerprint density at radius 3 is 2.29 bits per heavy atom. The zero-order valence-electron chi connectivity index (χ0n) is 11.3. The first-order valence-corrected chi connectivity index (χ1v) is 9.08. The van der Waals surface area contributed by atoms with E-state index in [1.165, 1.54) is 24.3 Å². The fourth-order valence-electron chi connectivity index (χ4n) is 1.32. The SMILES string of the molecule is CCCN=Nc1ccc(S(=O)(=O)CCOS(=O)(=O)O)cc1. The van der Waals surface area contributed by atoms with E-state index in [1.807, 2.05) is 6.92 Å². The van der Waals surface area contributed by atoms with Crippen LogP contribution in [0.1, 0.15) is 13.3 Å². The van der Waals surface area contributed by atoms with Crippen molar-refractivity contribution in [2.24, 2.45) is 10.2 Å². The normalized spacial score (nSPS) is 12.9. The van der Waals surface area contributed by atoms with Crippen LogP contribution in [0.15, 0.2) is 39.4 Å². The molecule has 0 saturated carbocycles. The number of sulfone groups is 1. The Balaban J connectivity index is 2.71. The molecule has 0 atom stereocenters. The summed E-state index contributed by atoms with van der Waals surface area (Å²) in [5.41, 5.74) is 0.525. The van der Waals surface area contributed by atoms with Gasteiger partial charge in [0, 0.05) is 0 Å². The second-order valence-electron chi connectivity index (χ2n) is 4.03. The first kappa shape index (κ1) is 17.7. The molecule has 0 aliphatic rings. The van der Waals surface area contributed by atoms with E-state index in [2.05, 4.69) is 14.4 Å². The molecule has 0 saturated heterocycles. The number of azo groups is 1. The summed E-state index contributed by atoms with van der Waals surface area (Å²) in [6, 6.07) is 5.69. The smallest absolute Gasteiger partial charge is 0.264 e. The van der Waals surface area contributed by atoms with Crippen LogP contribution in [-0.2, 0) is 24.4 Å². The predicted octanol–water partition coefficient (Wildman–Crippen LogP) is 1.77. The molecule has 1 aromatic carbocycles. The summed E-state index contributed by atoms with van der Waals surface area (Å²) in [6.07, 6.45) is 0.865. The van der Waals surface area contributed by atoms with E-state index < -0.39 is 32.6 Å². The third-order valence-electron chi connectivity index (χ3n) is 2.29. The minimum Gasteiger partial charge on any atom is -0.264 e. The Hall–Kier alpha value is -1.36. The van der Waals surface area contributed by atoms with Crippen LogP contribution < -0.4 is 0 Å². The monoisotopic (exact) mass is 336 g/mol. The van der Waals surface area contributed by atoms with Gasteiger partial charge in [0.15, 0.2) is 9.84 Å². The van der Waals surface area contributed by atoms with Gasteiger partial charge in [0.2, 0.25) is 0 Å². The standard InChI is InChI=1S/C11H16N2O6S2/c1-2-7-12-13-10-3-5-11(6-4-10)20(14,15)9-8-19-21(16,17)18/h3-6H,2,7-9H2,1H3,(H,16,17,18). The third kappa shape index (κ3) is 6.76. The maximum absolute atomic E-state index is 11.9. The second-order valence-corrected chi connectivity index (χ2v) is 7.23. The predicted molar refractivity (Wildman–Crippen MR) is 75.7 cm³/mol. The third-order valence-corrected chi connectivity index (χ3v) is 4.45. The topological polar surface area (TPSA) is 122 Å². The lowest BCUT2D eigenvalue weighted by atomic mass is 10.3. The molecule has 0 radical (unpaired) electrons. The van der Waals surface area contributed by atoms with E-state index in [9.17, 15) is 16.8 Å². The average Bonchev–Trinajstić information content (AvgIpc) is 2.38. The molecule has 1 aromatic rings. The van der Waals surface area contributed by atoms with E-state index in [0.29, 0.717) is 12.2 Å². The van der Waals surface area contributed by atoms with E-state index in [0.717, 1.165) is 6.42 Å². The molecule has 0 aromatic heterocycles. The molecule has 0 aliphatic carbocycles. The number of rotatable bonds is 8. The summed E-state index contributed by atoms with van der Waals surface area (Å²) in [6.45, 7) is 1.90. The highest BCUT2D eigenvalue weighted by Crippen LogP contribution is 2.18. The molecule has 21 heavy (non-hydrogen) atoms. The van der Waals surface area contributed by atoms with Crippen LogP contribution >= 0.6 is 0 Å². The minimum atomic E-state index is -4.64. The average molecular weight is 336 g/mol. The van der Waals surface area contributed by atoms with Crippen LogP contribution in [0.25, 0.3) is 0 Å². The summed E-state index contributed by atoms with van der Waals surface area (Å²) in [4.78, 5) is 0.0101. The summed E-state index contributed by atoms with van der Waals surface area (Å²) in [5.74, 6) is -0.566. The van der Waals surface area contributed by atoms with Crippen LogP contribution in [0.4, 0.5) is 5.69 Å². The first-order valence-electron chi connectivity index (χ1n) is 6.07. The molecule has 0 heterocycles. The zero-order chi connectivity index (χ0) is 15.9. The van der Waals surface area contributed by atoms with Crippen molar-refractivity contribution >= 4 is 25.9 Å². The van der Waals surface area contributed by atoms with E-state index >= 15 is 0 Å². The fraction of sp³-hybridized carbons (Fsp3) is 0.455. The van der Waals surface area contributed by atoms with Crippen molar-refractivity contribution in [1.82, 2.24) is 0 Å². The van der Waals surface area contributed by atoms with E-state index in [1.54, 1.807) is 0 Å². The molecule has 0 aliphatic heterocycles. The molecule has 118 valence electrons. The summed E-state index contributed by atoms with van der Waals surface area (Å²) in [7, 11) is -8.34. The highest BCUT2D eigenvalue weighted by Gasteiger charge is 2.16. The molecule has 0 bridgehead atoms. The van der Waals surface area contributed by atoms with Gasteiger partial charge in [-0.05, 0) is 30.7 Å². The van der Waals surface area contributed by atoms with Crippen LogP contribution in [0.5, 0.6) is 0 Å². The van der Waals surface area contributed by atoms with Crippen molar-refractivity contribution in [2.75, 3.05) is 18.9 Å². The molecule has 0 unspecified atom stereocenters. The summed E-state index contributed by atoms with van der Waals surface area (Å²) < 4.78 is 56.8. The zero-order valence-corrected chi connectivity index (χ0v) is 13.0. The highest BCUT2D eigenvalue weighted by atomic mass is 32.3.